The van der Waals surface area contributed by atoms with Crippen molar-refractivity contribution in [3.05, 3.63) is 33.9 Å². The molecule has 0 saturated heterocycles. The highest BCUT2D eigenvalue weighted by Gasteiger charge is 2.30. The fourth-order valence-corrected chi connectivity index (χ4v) is 1.69. The van der Waals surface area contributed by atoms with Crippen molar-refractivity contribution in [1.82, 2.24) is 5.32 Å². The fraction of sp³-hybridized carbons (Fsp3) is 0.385. The van der Waals surface area contributed by atoms with Crippen molar-refractivity contribution in [2.45, 2.75) is 12.2 Å². The molecule has 1 rings (SSSR count). The molecule has 0 aliphatic carbocycles. The molecule has 1 atom stereocenters. The van der Waals surface area contributed by atoms with Gasteiger partial charge in [0.15, 0.2) is 12.6 Å². The molecule has 0 bridgehead atoms. The Labute approximate surface area is 138 Å². The molecule has 25 heavy (non-hydrogen) atoms. The summed E-state index contributed by atoms with van der Waals surface area (Å²) in [5.74, 6) is -3.07. The number of ether oxygens (including phenoxy) is 2. The number of halogens is 3. The number of benzene rings is 1. The Morgan fingerprint density at radius 2 is 2.04 bits per heavy atom. The zero-order valence-corrected chi connectivity index (χ0v) is 12.7. The van der Waals surface area contributed by atoms with Crippen molar-refractivity contribution in [1.29, 1.82) is 0 Å². The summed E-state index contributed by atoms with van der Waals surface area (Å²) in [5, 5.41) is 21.9. The Kier molecular flexibility index (Phi) is 6.68. The second-order valence-electron chi connectivity index (χ2n) is 4.66. The number of amides is 1. The first-order valence-corrected chi connectivity index (χ1v) is 6.55. The monoisotopic (exact) mass is 366 g/mol. The molecule has 0 radical (unpaired) electrons. The van der Waals surface area contributed by atoms with Crippen LogP contribution >= 0.6 is 0 Å². The molecule has 0 spiro atoms. The number of rotatable bonds is 8. The molecule has 1 aromatic carbocycles. The van der Waals surface area contributed by atoms with E-state index >= 15 is 0 Å². The van der Waals surface area contributed by atoms with Crippen LogP contribution in [0.25, 0.3) is 0 Å². The first kappa shape index (κ1) is 20.2. The summed E-state index contributed by atoms with van der Waals surface area (Å²) in [7, 11) is 1.18. The molecular formula is C13H13F3N2O7. The van der Waals surface area contributed by atoms with Crippen LogP contribution in [-0.4, -0.2) is 54.4 Å². The predicted octanol–water partition coefficient (Wildman–Crippen LogP) is 1.37. The Bertz CT molecular complexity index is 664. The molecule has 9 nitrogen and oxygen atoms in total. The maximum Gasteiger partial charge on any atom is 0.422 e. The van der Waals surface area contributed by atoms with Crippen molar-refractivity contribution in [2.24, 2.45) is 0 Å². The first-order valence-electron chi connectivity index (χ1n) is 6.55. The fourth-order valence-electron chi connectivity index (χ4n) is 1.69. The number of nitrogens with one attached hydrogen (secondary N) is 1. The third-order valence-electron chi connectivity index (χ3n) is 2.75. The van der Waals surface area contributed by atoms with E-state index < -0.39 is 59.2 Å². The van der Waals surface area contributed by atoms with E-state index in [1.165, 1.54) is 7.11 Å². The Balaban J connectivity index is 3.09. The predicted molar refractivity (Wildman–Crippen MR) is 75.4 cm³/mol. The minimum Gasteiger partial charge on any atom is -0.484 e. The largest absolute Gasteiger partial charge is 0.484 e. The SMILES string of the molecule is COCC(NC(=O)c1cc(OCC(F)(F)F)ccc1[N+](=O)[O-])C(=O)O. The standard InChI is InChI=1S/C13H13F3N2O7/c1-24-5-9(12(20)21)17-11(19)8-4-7(25-6-13(14,15)16)2-3-10(8)18(22)23/h2-4,9H,5-6H2,1H3,(H,17,19)(H,20,21). The van der Waals surface area contributed by atoms with E-state index in [4.69, 9.17) is 5.11 Å². The number of nitrogens with zero attached hydrogens (tertiary/aromatic N) is 1. The van der Waals surface area contributed by atoms with Gasteiger partial charge in [-0.05, 0) is 12.1 Å². The smallest absolute Gasteiger partial charge is 0.422 e. The first-order chi connectivity index (χ1) is 11.5. The van der Waals surface area contributed by atoms with Crippen LogP contribution in [0, 0.1) is 10.1 Å². The van der Waals surface area contributed by atoms with Crippen LogP contribution in [0.2, 0.25) is 0 Å². The van der Waals surface area contributed by atoms with Crippen molar-refractivity contribution in [3.63, 3.8) is 0 Å². The highest BCUT2D eigenvalue weighted by Crippen LogP contribution is 2.26. The summed E-state index contributed by atoms with van der Waals surface area (Å²) in [6, 6.07) is 0.902. The van der Waals surface area contributed by atoms with Gasteiger partial charge in [0.25, 0.3) is 11.6 Å². The Morgan fingerprint density at radius 3 is 2.52 bits per heavy atom. The average molecular weight is 366 g/mol. The van der Waals surface area contributed by atoms with Crippen LogP contribution in [0.3, 0.4) is 0 Å². The van der Waals surface area contributed by atoms with Gasteiger partial charge in [-0.1, -0.05) is 0 Å². The summed E-state index contributed by atoms with van der Waals surface area (Å²) >= 11 is 0. The summed E-state index contributed by atoms with van der Waals surface area (Å²) in [6.07, 6.45) is -4.64. The highest BCUT2D eigenvalue weighted by atomic mass is 19.4. The molecule has 0 aliphatic rings. The lowest BCUT2D eigenvalue weighted by molar-refractivity contribution is -0.385. The van der Waals surface area contributed by atoms with E-state index in [2.05, 4.69) is 9.47 Å². The second kappa shape index (κ2) is 8.28. The molecule has 0 aliphatic heterocycles. The van der Waals surface area contributed by atoms with Gasteiger partial charge in [-0.15, -0.1) is 0 Å². The molecule has 0 fully saturated rings. The van der Waals surface area contributed by atoms with Crippen LogP contribution in [0.1, 0.15) is 10.4 Å². The number of alkyl halides is 3. The molecule has 1 amide bonds. The number of hydrogen-bond donors (Lipinski definition) is 2. The molecule has 138 valence electrons. The van der Waals surface area contributed by atoms with Crippen LogP contribution < -0.4 is 10.1 Å². The van der Waals surface area contributed by atoms with E-state index in [0.29, 0.717) is 0 Å². The number of hydrogen-bond acceptors (Lipinski definition) is 6. The van der Waals surface area contributed by atoms with Gasteiger partial charge in [0.1, 0.15) is 11.3 Å². The van der Waals surface area contributed by atoms with Gasteiger partial charge in [-0.3, -0.25) is 14.9 Å². The second-order valence-corrected chi connectivity index (χ2v) is 4.66. The van der Waals surface area contributed by atoms with Gasteiger partial charge in [-0.2, -0.15) is 13.2 Å². The lowest BCUT2D eigenvalue weighted by atomic mass is 10.1. The zero-order chi connectivity index (χ0) is 19.2. The number of nitro benzene ring substituents is 1. The van der Waals surface area contributed by atoms with Crippen LogP contribution in [0.5, 0.6) is 5.75 Å². The van der Waals surface area contributed by atoms with E-state index in [9.17, 15) is 32.9 Å². The highest BCUT2D eigenvalue weighted by molar-refractivity contribution is 6.00. The molecule has 12 heteroatoms. The topological polar surface area (TPSA) is 128 Å². The van der Waals surface area contributed by atoms with Crippen molar-refractivity contribution in [3.8, 4) is 5.75 Å². The maximum absolute atomic E-state index is 12.2. The summed E-state index contributed by atoms with van der Waals surface area (Å²) < 4.78 is 45.5. The van der Waals surface area contributed by atoms with Gasteiger partial charge in [0.05, 0.1) is 11.5 Å². The Hall–Kier alpha value is -2.89. The number of carboxylic acids is 1. The molecule has 2 N–H and O–H groups in total. The van der Waals surface area contributed by atoms with E-state index in [1.807, 2.05) is 5.32 Å². The number of carboxylic acid groups (broad SMARTS) is 1. The van der Waals surface area contributed by atoms with Crippen molar-refractivity contribution in [2.75, 3.05) is 20.3 Å². The van der Waals surface area contributed by atoms with Crippen molar-refractivity contribution >= 4 is 17.6 Å². The quantitative estimate of drug-likeness (QED) is 0.525. The molecule has 0 heterocycles. The zero-order valence-electron chi connectivity index (χ0n) is 12.7. The van der Waals surface area contributed by atoms with E-state index in [0.717, 1.165) is 18.2 Å². The number of methoxy groups -OCH3 is 1. The summed E-state index contributed by atoms with van der Waals surface area (Å²) in [5.41, 5.74) is -1.37. The number of aliphatic carboxylic acids is 1. The minimum absolute atomic E-state index is 0.418. The van der Waals surface area contributed by atoms with Gasteiger partial charge in [-0.25, -0.2) is 4.79 Å². The van der Waals surface area contributed by atoms with Crippen LogP contribution in [0.4, 0.5) is 18.9 Å². The maximum atomic E-state index is 12.2. The van der Waals surface area contributed by atoms with Crippen LogP contribution in [-0.2, 0) is 9.53 Å². The van der Waals surface area contributed by atoms with Gasteiger partial charge in [0.2, 0.25) is 0 Å². The van der Waals surface area contributed by atoms with Gasteiger partial charge in [0, 0.05) is 13.2 Å². The van der Waals surface area contributed by atoms with E-state index in [1.54, 1.807) is 0 Å². The van der Waals surface area contributed by atoms with Crippen molar-refractivity contribution < 1.29 is 42.3 Å². The number of carbonyl (C=O) groups excluding carboxylic acids is 1. The average Bonchev–Trinajstić information content (AvgIpc) is 2.51. The Morgan fingerprint density at radius 1 is 1.40 bits per heavy atom. The molecular weight excluding hydrogens is 353 g/mol. The van der Waals surface area contributed by atoms with E-state index in [-0.39, 0.29) is 0 Å². The van der Waals surface area contributed by atoms with Crippen LogP contribution in [0.15, 0.2) is 18.2 Å². The third kappa shape index (κ3) is 6.25. The lowest BCUT2D eigenvalue weighted by Crippen LogP contribution is -2.44. The number of nitro groups is 1. The molecule has 1 unspecified atom stereocenters. The molecule has 1 aromatic rings. The summed E-state index contributed by atoms with van der Waals surface area (Å²) in [4.78, 5) is 33.1. The number of carbonyl (C=O) groups is 2. The third-order valence-corrected chi connectivity index (χ3v) is 2.75. The lowest BCUT2D eigenvalue weighted by Gasteiger charge is -2.14. The molecule has 0 saturated carbocycles. The summed E-state index contributed by atoms with van der Waals surface area (Å²) in [6.45, 7) is -2.08. The minimum atomic E-state index is -4.64. The normalized spacial score (nSPS) is 12.3. The van der Waals surface area contributed by atoms with Gasteiger partial charge >= 0.3 is 12.1 Å². The van der Waals surface area contributed by atoms with Gasteiger partial charge < -0.3 is 19.9 Å². The molecule has 0 aromatic heterocycles.